The van der Waals surface area contributed by atoms with Gasteiger partial charge in [0.25, 0.3) is 11.5 Å². The number of Topliss-reactive ketones (excluding diaryl/α,β-unsaturated/α-hetero) is 2. The second-order valence-electron chi connectivity index (χ2n) is 10.2. The van der Waals surface area contributed by atoms with Gasteiger partial charge in [0.1, 0.15) is 18.2 Å². The predicted molar refractivity (Wildman–Crippen MR) is 159 cm³/mol. The third-order valence-electron chi connectivity index (χ3n) is 6.80. The van der Waals surface area contributed by atoms with E-state index in [1.54, 1.807) is 0 Å². The summed E-state index contributed by atoms with van der Waals surface area (Å²) in [5.74, 6) is -8.25. The SMILES string of the molecule is Nc1nc2ncc(CNc3ccc(C(=O)N[C@@H](CC(C(=O)O)C(=O)C(=O)CCCCCCCC=O)C(=O)O)cc3)nc2c(=O)[nH]1. The number of carbonyl (C=O) groups excluding carboxylic acids is 4. The Kier molecular flexibility index (Phi) is 12.3. The van der Waals surface area contributed by atoms with E-state index in [2.05, 4.69) is 30.6 Å². The van der Waals surface area contributed by atoms with Crippen LogP contribution >= 0.6 is 0 Å². The zero-order chi connectivity index (χ0) is 32.9. The van der Waals surface area contributed by atoms with Gasteiger partial charge < -0.3 is 31.4 Å². The number of carboxylic acids is 2. The van der Waals surface area contributed by atoms with Crippen LogP contribution in [0.3, 0.4) is 0 Å². The number of nitrogens with one attached hydrogen (secondary N) is 3. The Balaban J connectivity index is 1.56. The average molecular weight is 624 g/mol. The first-order chi connectivity index (χ1) is 21.5. The van der Waals surface area contributed by atoms with E-state index >= 15 is 0 Å². The van der Waals surface area contributed by atoms with Gasteiger partial charge in [0.05, 0.1) is 18.4 Å². The summed E-state index contributed by atoms with van der Waals surface area (Å²) < 4.78 is 0. The number of unbranched alkanes of at least 4 members (excludes halogenated alkanes) is 5. The van der Waals surface area contributed by atoms with Crippen LogP contribution in [0, 0.1) is 5.92 Å². The zero-order valence-electron chi connectivity index (χ0n) is 24.2. The number of nitrogens with two attached hydrogens (primary N) is 1. The van der Waals surface area contributed by atoms with Crippen molar-refractivity contribution in [3.63, 3.8) is 0 Å². The molecule has 16 heteroatoms. The van der Waals surface area contributed by atoms with Gasteiger partial charge >= 0.3 is 11.9 Å². The number of hydrogen-bond acceptors (Lipinski definition) is 12. The van der Waals surface area contributed by atoms with Crippen molar-refractivity contribution < 1.29 is 39.0 Å². The van der Waals surface area contributed by atoms with Crippen LogP contribution in [0.1, 0.15) is 67.4 Å². The standard InChI is InChI=1S/C29H33N7O9/c30-29-35-24-22(26(41)36-29)33-18(15-32-24)14-31-17-10-8-16(9-11-17)25(40)34-20(28(44)45)13-19(27(42)43)23(39)21(38)7-5-3-1-2-4-6-12-37/h8-12,15,19-20,31H,1-7,13-14H2,(H,34,40)(H,42,43)(H,44,45)(H3,30,32,35,36,41)/t19?,20-/m0/s1. The van der Waals surface area contributed by atoms with Crippen molar-refractivity contribution in [2.45, 2.75) is 64.0 Å². The minimum absolute atomic E-state index is 0.0123. The largest absolute Gasteiger partial charge is 0.481 e. The fraction of sp³-hybridized carbons (Fsp3) is 0.379. The third kappa shape index (κ3) is 10.0. The molecule has 2 heterocycles. The van der Waals surface area contributed by atoms with Gasteiger partial charge in [-0.05, 0) is 43.5 Å². The summed E-state index contributed by atoms with van der Waals surface area (Å²) in [5.41, 5.74) is 6.08. The normalized spacial score (nSPS) is 12.2. The molecule has 0 fully saturated rings. The molecule has 238 valence electrons. The number of H-pyrrole nitrogens is 1. The lowest BCUT2D eigenvalue weighted by atomic mass is 9.91. The second kappa shape index (κ2) is 16.3. The number of carboxylic acid groups (broad SMARTS) is 2. The van der Waals surface area contributed by atoms with Gasteiger partial charge in [-0.2, -0.15) is 4.98 Å². The van der Waals surface area contributed by atoms with Crippen LogP contribution in [-0.2, 0) is 30.5 Å². The molecule has 2 aromatic heterocycles. The number of nitrogens with zero attached hydrogens (tertiary/aromatic N) is 3. The minimum Gasteiger partial charge on any atom is -0.481 e. The lowest BCUT2D eigenvalue weighted by molar-refractivity contribution is -0.151. The fourth-order valence-corrected chi connectivity index (χ4v) is 4.37. The van der Waals surface area contributed by atoms with E-state index in [0.717, 1.165) is 25.5 Å². The van der Waals surface area contributed by atoms with Gasteiger partial charge in [0, 0.05) is 24.1 Å². The van der Waals surface area contributed by atoms with Crippen LogP contribution in [0.4, 0.5) is 11.6 Å². The smallest absolute Gasteiger partial charge is 0.326 e. The first-order valence-electron chi connectivity index (χ1n) is 14.1. The van der Waals surface area contributed by atoms with Crippen molar-refractivity contribution in [2.75, 3.05) is 11.1 Å². The number of rotatable bonds is 19. The highest BCUT2D eigenvalue weighted by atomic mass is 16.4. The maximum absolute atomic E-state index is 12.8. The van der Waals surface area contributed by atoms with Crippen LogP contribution in [0.5, 0.6) is 0 Å². The van der Waals surface area contributed by atoms with Gasteiger partial charge in [0.15, 0.2) is 16.9 Å². The van der Waals surface area contributed by atoms with Gasteiger partial charge in [-0.25, -0.2) is 14.8 Å². The molecule has 3 aromatic rings. The van der Waals surface area contributed by atoms with Crippen molar-refractivity contribution >= 4 is 58.5 Å². The lowest BCUT2D eigenvalue weighted by Crippen LogP contribution is -2.45. The Morgan fingerprint density at radius 2 is 1.64 bits per heavy atom. The highest BCUT2D eigenvalue weighted by molar-refractivity contribution is 6.41. The zero-order valence-corrected chi connectivity index (χ0v) is 24.2. The Hall–Kier alpha value is -5.54. The van der Waals surface area contributed by atoms with Gasteiger partial charge in [0.2, 0.25) is 11.7 Å². The van der Waals surface area contributed by atoms with Crippen molar-refractivity contribution in [2.24, 2.45) is 5.92 Å². The third-order valence-corrected chi connectivity index (χ3v) is 6.80. The number of aliphatic carboxylic acids is 2. The van der Waals surface area contributed by atoms with Gasteiger partial charge in [-0.15, -0.1) is 0 Å². The molecule has 0 radical (unpaired) electrons. The Labute approximate surface area is 255 Å². The molecular formula is C29H33N7O9. The maximum Gasteiger partial charge on any atom is 0.326 e. The number of amides is 1. The Morgan fingerprint density at radius 1 is 0.956 bits per heavy atom. The van der Waals surface area contributed by atoms with Crippen molar-refractivity contribution in [3.05, 3.63) is 52.1 Å². The highest BCUT2D eigenvalue weighted by Crippen LogP contribution is 2.16. The number of aldehydes is 1. The maximum atomic E-state index is 12.8. The summed E-state index contributed by atoms with van der Waals surface area (Å²) in [6.07, 6.45) is 4.91. The molecular weight excluding hydrogens is 590 g/mol. The van der Waals surface area contributed by atoms with E-state index < -0.39 is 53.4 Å². The number of hydrogen-bond donors (Lipinski definition) is 6. The molecule has 7 N–H and O–H groups in total. The topological polar surface area (TPSA) is 264 Å². The number of aromatic amines is 1. The number of fused-ring (bicyclic) bond motifs is 1. The van der Waals surface area contributed by atoms with E-state index in [4.69, 9.17) is 5.73 Å². The summed E-state index contributed by atoms with van der Waals surface area (Å²) in [7, 11) is 0. The molecule has 16 nitrogen and oxygen atoms in total. The van der Waals surface area contributed by atoms with Crippen LogP contribution in [0.25, 0.3) is 11.2 Å². The van der Waals surface area contributed by atoms with Crippen LogP contribution in [0.2, 0.25) is 0 Å². The molecule has 0 saturated heterocycles. The molecule has 0 bridgehead atoms. The summed E-state index contributed by atoms with van der Waals surface area (Å²) in [6, 6.07) is 4.08. The van der Waals surface area contributed by atoms with Crippen molar-refractivity contribution in [1.29, 1.82) is 0 Å². The molecule has 0 aliphatic carbocycles. The van der Waals surface area contributed by atoms with Crippen molar-refractivity contribution in [1.82, 2.24) is 25.3 Å². The molecule has 2 atom stereocenters. The van der Waals surface area contributed by atoms with Crippen molar-refractivity contribution in [3.8, 4) is 0 Å². The molecule has 0 spiro atoms. The molecule has 1 aromatic carbocycles. The molecule has 0 aliphatic rings. The summed E-state index contributed by atoms with van der Waals surface area (Å²) >= 11 is 0. The number of carbonyl (C=O) groups is 6. The average Bonchev–Trinajstić information content (AvgIpc) is 3.01. The molecule has 1 amide bonds. The molecule has 1 unspecified atom stereocenters. The van der Waals surface area contributed by atoms with E-state index in [1.165, 1.54) is 30.5 Å². The quantitative estimate of drug-likeness (QED) is 0.0475. The first kappa shape index (κ1) is 34.0. The number of anilines is 2. The lowest BCUT2D eigenvalue weighted by Gasteiger charge is -2.18. The number of benzene rings is 1. The number of aromatic nitrogens is 4. The Morgan fingerprint density at radius 3 is 2.31 bits per heavy atom. The molecule has 3 rings (SSSR count). The van der Waals surface area contributed by atoms with E-state index in [0.29, 0.717) is 30.6 Å². The van der Waals surface area contributed by atoms with Gasteiger partial charge in [-0.3, -0.25) is 29.0 Å². The fourth-order valence-electron chi connectivity index (χ4n) is 4.37. The van der Waals surface area contributed by atoms with Crippen LogP contribution in [-0.4, -0.2) is 71.9 Å². The second-order valence-corrected chi connectivity index (χ2v) is 10.2. The first-order valence-corrected chi connectivity index (χ1v) is 14.1. The molecule has 0 aliphatic heterocycles. The van der Waals surface area contributed by atoms with E-state index in [9.17, 15) is 43.8 Å². The summed E-state index contributed by atoms with van der Waals surface area (Å²) in [5, 5.41) is 24.4. The van der Waals surface area contributed by atoms with E-state index in [1.807, 2.05) is 0 Å². The monoisotopic (exact) mass is 623 g/mol. The molecule has 0 saturated carbocycles. The van der Waals surface area contributed by atoms with Gasteiger partial charge in [-0.1, -0.05) is 19.3 Å². The number of ketones is 2. The summed E-state index contributed by atoms with van der Waals surface area (Å²) in [6.45, 7) is 0.157. The van der Waals surface area contributed by atoms with Crippen LogP contribution in [0.15, 0.2) is 35.3 Å². The minimum atomic E-state index is -1.94. The van der Waals surface area contributed by atoms with E-state index in [-0.39, 0.29) is 35.6 Å². The predicted octanol–water partition coefficient (Wildman–Crippen LogP) is 1.25. The Bertz CT molecular complexity index is 1620. The highest BCUT2D eigenvalue weighted by Gasteiger charge is 2.36. The summed E-state index contributed by atoms with van der Waals surface area (Å²) in [4.78, 5) is 98.3. The molecule has 45 heavy (non-hydrogen) atoms. The number of nitrogen functional groups attached to an aromatic ring is 1. The van der Waals surface area contributed by atoms with Crippen LogP contribution < -0.4 is 21.9 Å².